The predicted octanol–water partition coefficient (Wildman–Crippen LogP) is 3.40. The number of carbonyl (C=O) groups excluding carboxylic acids is 3. The molecule has 1 N–H and O–H groups in total. The van der Waals surface area contributed by atoms with Gasteiger partial charge in [0.15, 0.2) is 16.7 Å². The van der Waals surface area contributed by atoms with E-state index < -0.39 is 5.25 Å². The number of amidine groups is 1. The molecule has 1 fully saturated rings. The topological polar surface area (TPSA) is 101 Å². The predicted molar refractivity (Wildman–Crippen MR) is 140 cm³/mol. The molecule has 190 valence electrons. The lowest BCUT2D eigenvalue weighted by molar-refractivity contribution is -0.121. The smallest absolute Gasteiger partial charge is 0.262 e. The van der Waals surface area contributed by atoms with E-state index in [9.17, 15) is 14.4 Å². The summed E-state index contributed by atoms with van der Waals surface area (Å²) in [7, 11) is 4.85. The highest BCUT2D eigenvalue weighted by Gasteiger charge is 2.33. The third-order valence-corrected chi connectivity index (χ3v) is 7.34. The molecule has 1 atom stereocenters. The minimum atomic E-state index is -0.497. The third-order valence-electron chi connectivity index (χ3n) is 6.13. The van der Waals surface area contributed by atoms with Crippen LogP contribution in [-0.4, -0.2) is 72.3 Å². The zero-order valence-electron chi connectivity index (χ0n) is 20.7. The fourth-order valence-electron chi connectivity index (χ4n) is 4.26. The van der Waals surface area contributed by atoms with Crippen LogP contribution < -0.4 is 14.8 Å². The molecule has 0 spiro atoms. The monoisotopic (exact) mass is 510 g/mol. The quantitative estimate of drug-likeness (QED) is 0.581. The van der Waals surface area contributed by atoms with Crippen LogP contribution in [0.25, 0.3) is 0 Å². The Morgan fingerprint density at radius 3 is 2.50 bits per heavy atom. The number of hydrogen-bond donors (Lipinski definition) is 1. The first kappa shape index (κ1) is 25.6. The maximum atomic E-state index is 13.0. The number of nitrogens with one attached hydrogen (secondary N) is 1. The zero-order chi connectivity index (χ0) is 25.7. The van der Waals surface area contributed by atoms with Crippen molar-refractivity contribution in [3.05, 3.63) is 53.6 Å². The van der Waals surface area contributed by atoms with E-state index in [2.05, 4.69) is 15.2 Å². The van der Waals surface area contributed by atoms with Gasteiger partial charge in [-0.2, -0.15) is 4.99 Å². The molecule has 0 aromatic heterocycles. The molecule has 0 bridgehead atoms. The maximum Gasteiger partial charge on any atom is 0.262 e. The summed E-state index contributed by atoms with van der Waals surface area (Å²) in [5.74, 6) is 0.507. The van der Waals surface area contributed by atoms with Crippen molar-refractivity contribution < 1.29 is 23.9 Å². The fourth-order valence-corrected chi connectivity index (χ4v) is 5.37. The SMILES string of the molecule is COc1cccc(CN(C)C(=O)c2ccc(NC(=O)C[C@H]3SC(N4CCCC4)=NC3=O)cc2)c1OC. The number of thioether (sulfide) groups is 1. The molecule has 2 aromatic rings. The first-order valence-corrected chi connectivity index (χ1v) is 12.7. The van der Waals surface area contributed by atoms with E-state index >= 15 is 0 Å². The van der Waals surface area contributed by atoms with Crippen molar-refractivity contribution in [1.29, 1.82) is 0 Å². The third kappa shape index (κ3) is 5.81. The van der Waals surface area contributed by atoms with Crippen molar-refractivity contribution in [1.82, 2.24) is 9.80 Å². The minimum Gasteiger partial charge on any atom is -0.493 e. The number of ether oxygens (including phenoxy) is 2. The van der Waals surface area contributed by atoms with Crippen LogP contribution in [0.4, 0.5) is 5.69 Å². The lowest BCUT2D eigenvalue weighted by atomic mass is 10.1. The summed E-state index contributed by atoms with van der Waals surface area (Å²) >= 11 is 1.37. The highest BCUT2D eigenvalue weighted by atomic mass is 32.2. The Balaban J connectivity index is 1.31. The average Bonchev–Trinajstić information content (AvgIpc) is 3.54. The lowest BCUT2D eigenvalue weighted by Gasteiger charge is -2.20. The van der Waals surface area contributed by atoms with E-state index in [1.54, 1.807) is 56.5 Å². The first-order valence-electron chi connectivity index (χ1n) is 11.8. The maximum absolute atomic E-state index is 13.0. The number of likely N-dealkylation sites (tertiary alicyclic amines) is 1. The van der Waals surface area contributed by atoms with E-state index in [0.717, 1.165) is 36.7 Å². The van der Waals surface area contributed by atoms with Gasteiger partial charge in [0.2, 0.25) is 5.91 Å². The molecule has 2 heterocycles. The van der Waals surface area contributed by atoms with Crippen LogP contribution in [0.5, 0.6) is 11.5 Å². The van der Waals surface area contributed by atoms with E-state index in [4.69, 9.17) is 9.47 Å². The molecule has 0 saturated carbocycles. The molecule has 2 aromatic carbocycles. The Labute approximate surface area is 214 Å². The lowest BCUT2D eigenvalue weighted by Crippen LogP contribution is -2.26. The Kier molecular flexibility index (Phi) is 8.14. The van der Waals surface area contributed by atoms with Gasteiger partial charge in [-0.1, -0.05) is 23.9 Å². The van der Waals surface area contributed by atoms with Gasteiger partial charge in [0.1, 0.15) is 5.25 Å². The van der Waals surface area contributed by atoms with Gasteiger partial charge in [0.05, 0.1) is 14.2 Å². The van der Waals surface area contributed by atoms with Crippen LogP contribution in [0.3, 0.4) is 0 Å². The molecule has 10 heteroatoms. The minimum absolute atomic E-state index is 0.0517. The van der Waals surface area contributed by atoms with E-state index in [1.807, 2.05) is 12.1 Å². The highest BCUT2D eigenvalue weighted by molar-refractivity contribution is 8.15. The van der Waals surface area contributed by atoms with Crippen LogP contribution in [0, 0.1) is 0 Å². The number of methoxy groups -OCH3 is 2. The van der Waals surface area contributed by atoms with Crippen molar-refractivity contribution >= 4 is 40.3 Å². The fraction of sp³-hybridized carbons (Fsp3) is 0.385. The summed E-state index contributed by atoms with van der Waals surface area (Å²) in [6.45, 7) is 2.16. The second kappa shape index (κ2) is 11.5. The van der Waals surface area contributed by atoms with Crippen LogP contribution in [0.15, 0.2) is 47.5 Å². The van der Waals surface area contributed by atoms with Crippen molar-refractivity contribution in [2.45, 2.75) is 31.1 Å². The van der Waals surface area contributed by atoms with Crippen LogP contribution >= 0.6 is 11.8 Å². The molecule has 4 rings (SSSR count). The van der Waals surface area contributed by atoms with Crippen molar-refractivity contribution in [2.24, 2.45) is 4.99 Å². The Hall–Kier alpha value is -3.53. The van der Waals surface area contributed by atoms with Crippen molar-refractivity contribution in [2.75, 3.05) is 39.7 Å². The molecule has 3 amide bonds. The second-order valence-corrected chi connectivity index (χ2v) is 9.85. The van der Waals surface area contributed by atoms with Gasteiger partial charge in [-0.05, 0) is 43.2 Å². The Morgan fingerprint density at radius 2 is 1.83 bits per heavy atom. The molecule has 2 aliphatic heterocycles. The van der Waals surface area contributed by atoms with Gasteiger partial charge in [0, 0.05) is 49.9 Å². The second-order valence-electron chi connectivity index (χ2n) is 8.68. The number of rotatable bonds is 8. The molecule has 0 aliphatic carbocycles. The highest BCUT2D eigenvalue weighted by Crippen LogP contribution is 2.32. The molecule has 0 unspecified atom stereocenters. The summed E-state index contributed by atoms with van der Waals surface area (Å²) < 4.78 is 10.8. The summed E-state index contributed by atoms with van der Waals surface area (Å²) in [6.07, 6.45) is 2.25. The normalized spacial score (nSPS) is 17.1. The van der Waals surface area contributed by atoms with Gasteiger partial charge in [0.25, 0.3) is 11.8 Å². The number of nitrogens with zero attached hydrogens (tertiary/aromatic N) is 3. The number of carbonyl (C=O) groups is 3. The zero-order valence-corrected chi connectivity index (χ0v) is 21.5. The molecular formula is C26H30N4O5S. The van der Waals surface area contributed by atoms with E-state index in [-0.39, 0.29) is 24.1 Å². The summed E-state index contributed by atoms with van der Waals surface area (Å²) in [5.41, 5.74) is 1.88. The molecular weight excluding hydrogens is 480 g/mol. The average molecular weight is 511 g/mol. The molecule has 36 heavy (non-hydrogen) atoms. The van der Waals surface area contributed by atoms with Crippen molar-refractivity contribution in [3.8, 4) is 11.5 Å². The van der Waals surface area contributed by atoms with Gasteiger partial charge in [-0.3, -0.25) is 14.4 Å². The summed E-state index contributed by atoms with van der Waals surface area (Å²) in [6, 6.07) is 12.2. The largest absolute Gasteiger partial charge is 0.493 e. The van der Waals surface area contributed by atoms with Gasteiger partial charge < -0.3 is 24.6 Å². The molecule has 9 nitrogen and oxygen atoms in total. The Bertz CT molecular complexity index is 1160. The molecule has 2 aliphatic rings. The van der Waals surface area contributed by atoms with Crippen molar-refractivity contribution in [3.63, 3.8) is 0 Å². The van der Waals surface area contributed by atoms with Gasteiger partial charge >= 0.3 is 0 Å². The number of anilines is 1. The standard InChI is InChI=1S/C26H30N4O5S/c1-29(16-18-7-6-8-20(34-2)23(18)35-3)25(33)17-9-11-19(12-10-17)27-22(31)15-21-24(32)28-26(36-21)30-13-4-5-14-30/h6-12,21H,4-5,13-16H2,1-3H3,(H,27,31)/t21-/m1/s1. The number of hydrogen-bond acceptors (Lipinski definition) is 7. The van der Waals surface area contributed by atoms with Gasteiger partial charge in [-0.15, -0.1) is 0 Å². The number of amides is 3. The van der Waals surface area contributed by atoms with Crippen LogP contribution in [0.1, 0.15) is 35.2 Å². The molecule has 0 radical (unpaired) electrons. The molecule has 1 saturated heterocycles. The van der Waals surface area contributed by atoms with Crippen LogP contribution in [-0.2, 0) is 16.1 Å². The number of benzene rings is 2. The first-order chi connectivity index (χ1) is 17.4. The van der Waals surface area contributed by atoms with Crippen LogP contribution in [0.2, 0.25) is 0 Å². The van der Waals surface area contributed by atoms with E-state index in [1.165, 1.54) is 11.8 Å². The van der Waals surface area contributed by atoms with E-state index in [0.29, 0.717) is 29.3 Å². The Morgan fingerprint density at radius 1 is 1.11 bits per heavy atom. The van der Waals surface area contributed by atoms with Gasteiger partial charge in [-0.25, -0.2) is 0 Å². The number of aliphatic imine (C=N–C) groups is 1. The number of para-hydroxylation sites is 1. The summed E-state index contributed by atoms with van der Waals surface area (Å²) in [5, 5.41) is 3.05. The summed E-state index contributed by atoms with van der Waals surface area (Å²) in [4.78, 5) is 45.6.